The third kappa shape index (κ3) is 2.82. The van der Waals surface area contributed by atoms with Gasteiger partial charge in [-0.05, 0) is 37.3 Å². The molecule has 2 aromatic rings. The zero-order valence-corrected chi connectivity index (χ0v) is 11.9. The van der Waals surface area contributed by atoms with E-state index in [2.05, 4.69) is 0 Å². The van der Waals surface area contributed by atoms with Crippen molar-refractivity contribution >= 4 is 23.9 Å². The molecule has 1 atom stereocenters. The molecular weight excluding hydrogens is 275 g/mol. The van der Waals surface area contributed by atoms with Gasteiger partial charge >= 0.3 is 5.97 Å². The number of carboxylic acid groups (broad SMARTS) is 1. The van der Waals surface area contributed by atoms with Crippen molar-refractivity contribution in [3.63, 3.8) is 0 Å². The zero-order chi connectivity index (χ0) is 14.6. The second kappa shape index (κ2) is 6.04. The summed E-state index contributed by atoms with van der Waals surface area (Å²) >= 11 is 0. The fourth-order valence-corrected chi connectivity index (χ4v) is 4.04. The highest BCUT2D eigenvalue weighted by Crippen LogP contribution is 2.44. The summed E-state index contributed by atoms with van der Waals surface area (Å²) in [5.74, 6) is -1.05. The van der Waals surface area contributed by atoms with Crippen molar-refractivity contribution in [3.8, 4) is 0 Å². The third-order valence-electron chi connectivity index (χ3n) is 2.84. The Morgan fingerprint density at radius 1 is 1.10 bits per heavy atom. The van der Waals surface area contributed by atoms with Crippen LogP contribution >= 0.6 is 7.37 Å². The zero-order valence-electron chi connectivity index (χ0n) is 11.0. The first kappa shape index (κ1) is 14.5. The van der Waals surface area contributed by atoms with E-state index in [1.807, 2.05) is 6.07 Å². The smallest absolute Gasteiger partial charge is 0.335 e. The highest BCUT2D eigenvalue weighted by molar-refractivity contribution is 7.74. The molecule has 1 N–H and O–H groups in total. The van der Waals surface area contributed by atoms with Gasteiger partial charge in [-0.1, -0.05) is 24.3 Å². The molecule has 0 aliphatic carbocycles. The lowest BCUT2D eigenvalue weighted by Crippen LogP contribution is -2.19. The van der Waals surface area contributed by atoms with Crippen LogP contribution in [0.2, 0.25) is 0 Å². The molecule has 0 spiro atoms. The maximum atomic E-state index is 13.2. The minimum Gasteiger partial charge on any atom is -0.478 e. The Labute approximate surface area is 117 Å². The summed E-state index contributed by atoms with van der Waals surface area (Å²) in [6.07, 6.45) is 0. The largest absolute Gasteiger partial charge is 0.478 e. The Hall–Kier alpha value is -1.90. The monoisotopic (exact) mass is 290 g/mol. The molecule has 0 amide bonds. The van der Waals surface area contributed by atoms with E-state index in [-0.39, 0.29) is 12.2 Å². The van der Waals surface area contributed by atoms with Crippen molar-refractivity contribution in [1.29, 1.82) is 0 Å². The van der Waals surface area contributed by atoms with Crippen molar-refractivity contribution in [2.24, 2.45) is 0 Å². The molecule has 0 aliphatic rings. The van der Waals surface area contributed by atoms with Gasteiger partial charge in [0.1, 0.15) is 0 Å². The molecule has 0 saturated heterocycles. The third-order valence-corrected chi connectivity index (χ3v) is 5.40. The molecule has 2 aromatic carbocycles. The van der Waals surface area contributed by atoms with E-state index in [0.717, 1.165) is 0 Å². The summed E-state index contributed by atoms with van der Waals surface area (Å²) < 4.78 is 18.7. The van der Waals surface area contributed by atoms with Gasteiger partial charge in [0.15, 0.2) is 0 Å². The summed E-state index contributed by atoms with van der Waals surface area (Å²) in [6, 6.07) is 14.9. The van der Waals surface area contributed by atoms with E-state index in [0.29, 0.717) is 10.6 Å². The normalized spacial score (nSPS) is 13.7. The Morgan fingerprint density at radius 3 is 2.35 bits per heavy atom. The van der Waals surface area contributed by atoms with E-state index in [1.54, 1.807) is 43.3 Å². The minimum absolute atomic E-state index is 0.0957. The van der Waals surface area contributed by atoms with Gasteiger partial charge in [-0.25, -0.2) is 4.79 Å². The molecule has 4 nitrogen and oxygen atoms in total. The van der Waals surface area contributed by atoms with Gasteiger partial charge in [0.25, 0.3) is 7.37 Å². The molecule has 0 bridgehead atoms. The highest BCUT2D eigenvalue weighted by atomic mass is 31.2. The molecule has 1 unspecified atom stereocenters. The van der Waals surface area contributed by atoms with Crippen LogP contribution < -0.4 is 10.6 Å². The number of aromatic carboxylic acids is 1. The fraction of sp³-hybridized carbons (Fsp3) is 0.133. The lowest BCUT2D eigenvalue weighted by atomic mass is 10.2. The maximum absolute atomic E-state index is 13.2. The Balaban J connectivity index is 2.56. The lowest BCUT2D eigenvalue weighted by molar-refractivity contribution is 0.0697. The van der Waals surface area contributed by atoms with E-state index in [1.165, 1.54) is 12.1 Å². The number of hydrogen-bond acceptors (Lipinski definition) is 3. The van der Waals surface area contributed by atoms with Gasteiger partial charge in [-0.3, -0.25) is 4.57 Å². The second-order valence-corrected chi connectivity index (χ2v) is 6.55. The van der Waals surface area contributed by atoms with Crippen LogP contribution in [0.3, 0.4) is 0 Å². The van der Waals surface area contributed by atoms with Crippen LogP contribution in [0.5, 0.6) is 0 Å². The summed E-state index contributed by atoms with van der Waals surface area (Å²) in [7, 11) is -3.25. The molecule has 2 rings (SSSR count). The molecule has 0 aliphatic heterocycles. The van der Waals surface area contributed by atoms with E-state index in [4.69, 9.17) is 9.63 Å². The molecule has 0 radical (unpaired) electrons. The van der Waals surface area contributed by atoms with Crippen molar-refractivity contribution < 1.29 is 19.0 Å². The number of carbonyl (C=O) groups is 1. The van der Waals surface area contributed by atoms with Crippen molar-refractivity contribution in [1.82, 2.24) is 0 Å². The second-order valence-electron chi connectivity index (χ2n) is 4.16. The predicted molar refractivity (Wildman–Crippen MR) is 78.3 cm³/mol. The van der Waals surface area contributed by atoms with Crippen molar-refractivity contribution in [2.75, 3.05) is 6.61 Å². The topological polar surface area (TPSA) is 63.6 Å². The van der Waals surface area contributed by atoms with Gasteiger partial charge < -0.3 is 9.63 Å². The van der Waals surface area contributed by atoms with Crippen molar-refractivity contribution in [2.45, 2.75) is 6.92 Å². The van der Waals surface area contributed by atoms with E-state index >= 15 is 0 Å². The predicted octanol–water partition coefficient (Wildman–Crippen LogP) is 2.65. The van der Waals surface area contributed by atoms with E-state index < -0.39 is 13.3 Å². The summed E-state index contributed by atoms with van der Waals surface area (Å²) in [5, 5.41) is 10.00. The maximum Gasteiger partial charge on any atom is 0.335 e. The average Bonchev–Trinajstić information content (AvgIpc) is 2.48. The van der Waals surface area contributed by atoms with Gasteiger partial charge in [0.05, 0.1) is 12.2 Å². The Bertz CT molecular complexity index is 652. The first-order valence-corrected chi connectivity index (χ1v) is 7.84. The fourth-order valence-electron chi connectivity index (χ4n) is 1.93. The average molecular weight is 290 g/mol. The van der Waals surface area contributed by atoms with Crippen LogP contribution in [0.1, 0.15) is 17.3 Å². The molecule has 104 valence electrons. The standard InChI is InChI=1S/C15H15O4P/c1-2-19-20(18,13-8-4-3-5-9-13)14-10-6-7-12(11-14)15(16)17/h3-11H,2H2,1H3,(H,16,17). The van der Waals surface area contributed by atoms with Gasteiger partial charge in [-0.2, -0.15) is 0 Å². The first-order chi connectivity index (χ1) is 9.58. The molecule has 20 heavy (non-hydrogen) atoms. The van der Waals surface area contributed by atoms with Gasteiger partial charge in [0, 0.05) is 10.6 Å². The van der Waals surface area contributed by atoms with Crippen LogP contribution in [-0.2, 0) is 9.09 Å². The molecule has 0 heterocycles. The number of benzene rings is 2. The molecule has 0 aromatic heterocycles. The van der Waals surface area contributed by atoms with Crippen LogP contribution in [0.15, 0.2) is 54.6 Å². The minimum atomic E-state index is -3.25. The molecule has 0 saturated carbocycles. The molecular formula is C15H15O4P. The SMILES string of the molecule is CCOP(=O)(c1ccccc1)c1cccc(C(=O)O)c1. The Morgan fingerprint density at radius 2 is 1.75 bits per heavy atom. The van der Waals surface area contributed by atoms with Crippen LogP contribution in [-0.4, -0.2) is 17.7 Å². The van der Waals surface area contributed by atoms with Gasteiger partial charge in [-0.15, -0.1) is 0 Å². The van der Waals surface area contributed by atoms with E-state index in [9.17, 15) is 9.36 Å². The molecule has 0 fully saturated rings. The van der Waals surface area contributed by atoms with Crippen LogP contribution in [0, 0.1) is 0 Å². The number of carboxylic acids is 1. The van der Waals surface area contributed by atoms with Gasteiger partial charge in [0.2, 0.25) is 0 Å². The summed E-state index contributed by atoms with van der Waals surface area (Å²) in [5.41, 5.74) is 0.0957. The first-order valence-electron chi connectivity index (χ1n) is 6.22. The molecule has 5 heteroatoms. The van der Waals surface area contributed by atoms with Crippen LogP contribution in [0.25, 0.3) is 0 Å². The summed E-state index contributed by atoms with van der Waals surface area (Å²) in [6.45, 7) is 2.04. The summed E-state index contributed by atoms with van der Waals surface area (Å²) in [4.78, 5) is 11.0. The number of hydrogen-bond donors (Lipinski definition) is 1. The number of rotatable bonds is 5. The quantitative estimate of drug-likeness (QED) is 0.860. The lowest BCUT2D eigenvalue weighted by Gasteiger charge is -2.18. The Kier molecular flexibility index (Phi) is 4.38. The highest BCUT2D eigenvalue weighted by Gasteiger charge is 2.28. The van der Waals surface area contributed by atoms with Crippen molar-refractivity contribution in [3.05, 3.63) is 60.2 Å². The van der Waals surface area contributed by atoms with Crippen LogP contribution in [0.4, 0.5) is 0 Å².